The predicted octanol–water partition coefficient (Wildman–Crippen LogP) is 5.81. The lowest BCUT2D eigenvalue weighted by Crippen LogP contribution is -2.31. The van der Waals surface area contributed by atoms with Crippen molar-refractivity contribution >= 4 is 29.4 Å². The molecular weight excluding hydrogens is 526 g/mol. The van der Waals surface area contributed by atoms with E-state index in [1.165, 1.54) is 6.08 Å². The lowest BCUT2D eigenvalue weighted by molar-refractivity contribution is -0.137. The molecule has 0 radical (unpaired) electrons. The Morgan fingerprint density at radius 1 is 0.925 bits per heavy atom. The molecular formula is C31H37N3O5S. The summed E-state index contributed by atoms with van der Waals surface area (Å²) >= 11 is 1.61. The molecule has 8 nitrogen and oxygen atoms in total. The number of rotatable bonds is 17. The van der Waals surface area contributed by atoms with Crippen molar-refractivity contribution in [3.63, 3.8) is 0 Å². The van der Waals surface area contributed by atoms with Gasteiger partial charge in [-0.25, -0.2) is 15.0 Å². The normalized spacial score (nSPS) is 10.6. The van der Waals surface area contributed by atoms with Gasteiger partial charge in [0.05, 0.1) is 24.7 Å². The summed E-state index contributed by atoms with van der Waals surface area (Å²) in [5.41, 5.74) is 15.7. The van der Waals surface area contributed by atoms with Gasteiger partial charge in [-0.05, 0) is 92.3 Å². The van der Waals surface area contributed by atoms with E-state index < -0.39 is 5.97 Å². The number of nitrogens with one attached hydrogen (secondary N) is 2. The monoisotopic (exact) mass is 563 g/mol. The molecule has 9 heteroatoms. The second-order valence-electron chi connectivity index (χ2n) is 8.99. The van der Waals surface area contributed by atoms with Crippen molar-refractivity contribution in [2.75, 3.05) is 24.8 Å². The predicted molar refractivity (Wildman–Crippen MR) is 159 cm³/mol. The molecule has 3 aromatic carbocycles. The van der Waals surface area contributed by atoms with Gasteiger partial charge in [0.15, 0.2) is 0 Å². The summed E-state index contributed by atoms with van der Waals surface area (Å²) in [6, 6.07) is 20.3. The molecule has 0 unspecified atom stereocenters. The third-order valence-corrected chi connectivity index (χ3v) is 6.93. The summed E-state index contributed by atoms with van der Waals surface area (Å²) in [6.07, 6.45) is 4.80. The Labute approximate surface area is 240 Å². The molecule has 0 heterocycles. The van der Waals surface area contributed by atoms with E-state index in [1.807, 2.05) is 43.3 Å². The van der Waals surface area contributed by atoms with E-state index in [-0.39, 0.29) is 5.97 Å². The fraction of sp³-hybridized carbons (Fsp3) is 0.290. The third kappa shape index (κ3) is 10.8. The number of nitrogens with two attached hydrogens (primary N) is 1. The molecule has 0 aromatic heterocycles. The van der Waals surface area contributed by atoms with Crippen LogP contribution in [0.25, 0.3) is 0 Å². The lowest BCUT2D eigenvalue weighted by atomic mass is 10.1. The Kier molecular flexibility index (Phi) is 13.1. The Hall–Kier alpha value is -3.79. The van der Waals surface area contributed by atoms with Gasteiger partial charge in [-0.3, -0.25) is 5.43 Å². The summed E-state index contributed by atoms with van der Waals surface area (Å²) in [5, 5.41) is 0. The number of anilines is 1. The summed E-state index contributed by atoms with van der Waals surface area (Å²) < 4.78 is 16.3. The van der Waals surface area contributed by atoms with Crippen LogP contribution in [0.3, 0.4) is 0 Å². The van der Waals surface area contributed by atoms with E-state index in [0.29, 0.717) is 42.7 Å². The van der Waals surface area contributed by atoms with E-state index in [9.17, 15) is 9.59 Å². The van der Waals surface area contributed by atoms with Gasteiger partial charge in [0, 0.05) is 23.2 Å². The molecule has 0 bridgehead atoms. The Balaban J connectivity index is 1.36. The van der Waals surface area contributed by atoms with Gasteiger partial charge in [-0.2, -0.15) is 0 Å². The van der Waals surface area contributed by atoms with Gasteiger partial charge >= 0.3 is 11.9 Å². The number of para-hydroxylation sites is 1. The molecule has 4 N–H and O–H groups in total. The number of hydrogen-bond donors (Lipinski definition) is 3. The maximum absolute atomic E-state index is 12.7. The first kappa shape index (κ1) is 30.7. The minimum atomic E-state index is -0.429. The van der Waals surface area contributed by atoms with Gasteiger partial charge < -0.3 is 19.9 Å². The molecule has 212 valence electrons. The average Bonchev–Trinajstić information content (AvgIpc) is 2.96. The highest BCUT2D eigenvalue weighted by Gasteiger charge is 2.10. The highest BCUT2D eigenvalue weighted by atomic mass is 32.2. The van der Waals surface area contributed by atoms with Gasteiger partial charge in [-0.15, -0.1) is 11.8 Å². The van der Waals surface area contributed by atoms with Crippen molar-refractivity contribution in [3.05, 3.63) is 96.1 Å². The molecule has 40 heavy (non-hydrogen) atoms. The maximum atomic E-state index is 12.7. The van der Waals surface area contributed by atoms with Gasteiger partial charge in [-0.1, -0.05) is 24.8 Å². The molecule has 0 atom stereocenters. The fourth-order valence-corrected chi connectivity index (χ4v) is 4.41. The smallest absolute Gasteiger partial charge is 0.343 e. The van der Waals surface area contributed by atoms with Crippen LogP contribution in [0.1, 0.15) is 47.2 Å². The average molecular weight is 564 g/mol. The lowest BCUT2D eigenvalue weighted by Gasteiger charge is -2.12. The highest BCUT2D eigenvalue weighted by Crippen LogP contribution is 2.23. The quantitative estimate of drug-likeness (QED) is 0.0274. The zero-order valence-electron chi connectivity index (χ0n) is 22.8. The molecule has 0 aliphatic rings. The molecule has 0 aliphatic heterocycles. The van der Waals surface area contributed by atoms with Crippen LogP contribution in [0.2, 0.25) is 0 Å². The van der Waals surface area contributed by atoms with Crippen LogP contribution in [-0.2, 0) is 16.1 Å². The Morgan fingerprint density at radius 2 is 1.65 bits per heavy atom. The van der Waals surface area contributed by atoms with Crippen LogP contribution in [0.5, 0.6) is 11.5 Å². The van der Waals surface area contributed by atoms with Crippen LogP contribution in [0.4, 0.5) is 5.69 Å². The Morgan fingerprint density at radius 3 is 2.40 bits per heavy atom. The van der Waals surface area contributed by atoms with Gasteiger partial charge in [0.2, 0.25) is 0 Å². The summed E-state index contributed by atoms with van der Waals surface area (Å²) in [4.78, 5) is 24.7. The van der Waals surface area contributed by atoms with Crippen molar-refractivity contribution in [2.24, 2.45) is 0 Å². The number of ether oxygens (including phenoxy) is 3. The fourth-order valence-electron chi connectivity index (χ4n) is 3.67. The highest BCUT2D eigenvalue weighted by molar-refractivity contribution is 7.99. The molecule has 0 saturated carbocycles. The van der Waals surface area contributed by atoms with Crippen LogP contribution in [-0.4, -0.2) is 31.0 Å². The molecule has 0 amide bonds. The minimum Gasteiger partial charge on any atom is -0.494 e. The molecule has 3 aromatic rings. The number of hydrazine groups is 1. The van der Waals surface area contributed by atoms with Crippen molar-refractivity contribution in [1.29, 1.82) is 0 Å². The van der Waals surface area contributed by atoms with Crippen molar-refractivity contribution in [1.82, 2.24) is 10.9 Å². The van der Waals surface area contributed by atoms with Crippen LogP contribution >= 0.6 is 11.8 Å². The second kappa shape index (κ2) is 17.0. The van der Waals surface area contributed by atoms with E-state index in [2.05, 4.69) is 17.4 Å². The van der Waals surface area contributed by atoms with Crippen LogP contribution in [0, 0.1) is 6.92 Å². The SMILES string of the molecule is C=CC(=O)OCCCCCCOc1ccc(C(=O)Oc2ccc(C)c(CNNCSc3ccccc3N)c2)cc1. The number of thioether (sulfide) groups is 1. The number of carbonyl (C=O) groups is 2. The van der Waals surface area contributed by atoms with Gasteiger partial charge in [0.25, 0.3) is 0 Å². The largest absolute Gasteiger partial charge is 0.494 e. The second-order valence-corrected chi connectivity index (χ2v) is 10.0. The minimum absolute atomic E-state index is 0.388. The zero-order valence-corrected chi connectivity index (χ0v) is 23.6. The summed E-state index contributed by atoms with van der Waals surface area (Å²) in [5.74, 6) is 1.01. The number of unbranched alkanes of at least 4 members (excludes halogenated alkanes) is 3. The number of aryl methyl sites for hydroxylation is 1. The van der Waals surface area contributed by atoms with Gasteiger partial charge in [0.1, 0.15) is 11.5 Å². The third-order valence-electron chi connectivity index (χ3n) is 5.96. The first-order chi connectivity index (χ1) is 19.5. The first-order valence-corrected chi connectivity index (χ1v) is 14.2. The first-order valence-electron chi connectivity index (χ1n) is 13.2. The molecule has 3 rings (SSSR count). The van der Waals surface area contributed by atoms with Crippen molar-refractivity contribution < 1.29 is 23.8 Å². The zero-order chi connectivity index (χ0) is 28.6. The topological polar surface area (TPSA) is 112 Å². The van der Waals surface area contributed by atoms with Crippen molar-refractivity contribution in [3.8, 4) is 11.5 Å². The maximum Gasteiger partial charge on any atom is 0.343 e. The molecule has 0 saturated heterocycles. The Bertz CT molecular complexity index is 1250. The standard InChI is InChI=1S/C31H37N3O5S/c1-3-30(35)38-19-9-5-4-8-18-37-26-16-13-24(14-17-26)31(36)39-27-15-12-23(2)25(20-27)21-33-34-22-40-29-11-7-6-10-28(29)32/h3,6-7,10-17,20,33-34H,1,4-5,8-9,18-19,21-22,32H2,2H3. The van der Waals surface area contributed by atoms with Crippen molar-refractivity contribution in [2.45, 2.75) is 44.0 Å². The van der Waals surface area contributed by atoms with E-state index in [1.54, 1.807) is 42.1 Å². The molecule has 0 aliphatic carbocycles. The number of benzene rings is 3. The number of carbonyl (C=O) groups excluding carboxylic acids is 2. The molecule has 0 spiro atoms. The van der Waals surface area contributed by atoms with E-state index in [0.717, 1.165) is 47.4 Å². The number of nitrogen functional groups attached to an aromatic ring is 1. The summed E-state index contributed by atoms with van der Waals surface area (Å²) in [7, 11) is 0. The molecule has 0 fully saturated rings. The van der Waals surface area contributed by atoms with Crippen LogP contribution < -0.4 is 26.1 Å². The van der Waals surface area contributed by atoms with E-state index >= 15 is 0 Å². The van der Waals surface area contributed by atoms with E-state index in [4.69, 9.17) is 19.9 Å². The van der Waals surface area contributed by atoms with Crippen LogP contribution in [0.15, 0.2) is 84.3 Å². The number of hydrogen-bond acceptors (Lipinski definition) is 9. The number of esters is 2. The summed E-state index contributed by atoms with van der Waals surface area (Å²) in [6.45, 7) is 6.93.